The zero-order chi connectivity index (χ0) is 11.1. The minimum absolute atomic E-state index is 0.300. The predicted octanol–water partition coefficient (Wildman–Crippen LogP) is 2.98. The Morgan fingerprint density at radius 3 is 2.60 bits per heavy atom. The zero-order valence-corrected chi connectivity index (χ0v) is 9.71. The Kier molecular flexibility index (Phi) is 4.98. The molecule has 1 aromatic carbocycles. The van der Waals surface area contributed by atoms with Gasteiger partial charge in [0.2, 0.25) is 0 Å². The van der Waals surface area contributed by atoms with Crippen molar-refractivity contribution in [1.29, 1.82) is 0 Å². The monoisotopic (exact) mass is 222 g/mol. The first kappa shape index (κ1) is 11.9. The van der Waals surface area contributed by atoms with Crippen molar-refractivity contribution in [2.75, 3.05) is 12.9 Å². The second kappa shape index (κ2) is 6.30. The van der Waals surface area contributed by atoms with Crippen molar-refractivity contribution in [2.24, 2.45) is 0 Å². The van der Waals surface area contributed by atoms with Crippen LogP contribution in [0.3, 0.4) is 0 Å². The number of hydrogen-bond acceptors (Lipinski definition) is 3. The van der Waals surface area contributed by atoms with Crippen molar-refractivity contribution >= 4 is 23.8 Å². The number of esters is 1. The van der Waals surface area contributed by atoms with Crippen LogP contribution in [0.15, 0.2) is 35.2 Å². The summed E-state index contributed by atoms with van der Waals surface area (Å²) in [6.07, 6.45) is 5.23. The first-order valence-corrected chi connectivity index (χ1v) is 5.97. The molecule has 3 heteroatoms. The Labute approximate surface area is 94.3 Å². The largest absolute Gasteiger partial charge is 0.463 e. The summed E-state index contributed by atoms with van der Waals surface area (Å²) in [5.74, 6) is -0.300. The van der Waals surface area contributed by atoms with Gasteiger partial charge in [0.05, 0.1) is 6.61 Å². The van der Waals surface area contributed by atoms with E-state index in [1.807, 2.05) is 30.5 Å². The number of carbonyl (C=O) groups is 1. The lowest BCUT2D eigenvalue weighted by atomic mass is 10.2. The zero-order valence-electron chi connectivity index (χ0n) is 8.90. The maximum Gasteiger partial charge on any atom is 0.330 e. The predicted molar refractivity (Wildman–Crippen MR) is 63.9 cm³/mol. The molecular formula is C12H14O2S. The third-order valence-electron chi connectivity index (χ3n) is 1.81. The van der Waals surface area contributed by atoms with Crippen LogP contribution < -0.4 is 0 Å². The van der Waals surface area contributed by atoms with Gasteiger partial charge in [0.1, 0.15) is 0 Å². The van der Waals surface area contributed by atoms with Crippen LogP contribution in [0.2, 0.25) is 0 Å². The smallest absolute Gasteiger partial charge is 0.330 e. The van der Waals surface area contributed by atoms with Crippen LogP contribution in [0.5, 0.6) is 0 Å². The molecule has 0 bridgehead atoms. The van der Waals surface area contributed by atoms with Gasteiger partial charge in [-0.15, -0.1) is 11.8 Å². The van der Waals surface area contributed by atoms with Gasteiger partial charge in [0.15, 0.2) is 0 Å². The van der Waals surface area contributed by atoms with E-state index in [-0.39, 0.29) is 5.97 Å². The fourth-order valence-electron chi connectivity index (χ4n) is 1.07. The summed E-state index contributed by atoms with van der Waals surface area (Å²) >= 11 is 1.69. The molecule has 15 heavy (non-hydrogen) atoms. The highest BCUT2D eigenvalue weighted by Crippen LogP contribution is 2.15. The SMILES string of the molecule is CCOC(=O)C=Cc1ccc(SC)cc1. The van der Waals surface area contributed by atoms with Crippen LogP contribution in [-0.4, -0.2) is 18.8 Å². The normalized spacial score (nSPS) is 10.5. The van der Waals surface area contributed by atoms with Crippen LogP contribution in [0, 0.1) is 0 Å². The Balaban J connectivity index is 2.60. The molecule has 0 N–H and O–H groups in total. The third-order valence-corrected chi connectivity index (χ3v) is 2.56. The molecule has 0 amide bonds. The standard InChI is InChI=1S/C12H14O2S/c1-3-14-12(13)9-6-10-4-7-11(15-2)8-5-10/h4-9H,3H2,1-2H3. The van der Waals surface area contributed by atoms with Gasteiger partial charge in [-0.05, 0) is 37.0 Å². The highest BCUT2D eigenvalue weighted by molar-refractivity contribution is 7.98. The van der Waals surface area contributed by atoms with Crippen LogP contribution in [0.1, 0.15) is 12.5 Å². The quantitative estimate of drug-likeness (QED) is 0.445. The van der Waals surface area contributed by atoms with Crippen molar-refractivity contribution < 1.29 is 9.53 Å². The summed E-state index contributed by atoms with van der Waals surface area (Å²) in [7, 11) is 0. The molecule has 0 saturated carbocycles. The maximum atomic E-state index is 11.0. The van der Waals surface area contributed by atoms with Gasteiger partial charge in [-0.1, -0.05) is 12.1 Å². The fourth-order valence-corrected chi connectivity index (χ4v) is 1.48. The van der Waals surface area contributed by atoms with Gasteiger partial charge >= 0.3 is 5.97 Å². The number of hydrogen-bond donors (Lipinski definition) is 0. The average Bonchev–Trinajstić information content (AvgIpc) is 2.27. The van der Waals surface area contributed by atoms with Crippen LogP contribution in [0.25, 0.3) is 6.08 Å². The van der Waals surface area contributed by atoms with E-state index < -0.39 is 0 Å². The molecule has 0 aromatic heterocycles. The lowest BCUT2D eigenvalue weighted by Gasteiger charge is -1.97. The molecule has 0 spiro atoms. The second-order valence-corrected chi connectivity index (χ2v) is 3.74. The molecular weight excluding hydrogens is 208 g/mol. The fraction of sp³-hybridized carbons (Fsp3) is 0.250. The molecule has 0 unspecified atom stereocenters. The molecule has 0 aliphatic rings. The third kappa shape index (κ3) is 4.21. The summed E-state index contributed by atoms with van der Waals surface area (Å²) in [5.41, 5.74) is 1.00. The molecule has 0 radical (unpaired) electrons. The van der Waals surface area contributed by atoms with E-state index in [1.54, 1.807) is 24.8 Å². The molecule has 2 nitrogen and oxygen atoms in total. The van der Waals surface area contributed by atoms with Crippen LogP contribution in [0.4, 0.5) is 0 Å². The minimum Gasteiger partial charge on any atom is -0.463 e. The van der Waals surface area contributed by atoms with E-state index in [0.29, 0.717) is 6.61 Å². The summed E-state index contributed by atoms with van der Waals surface area (Å²) < 4.78 is 4.78. The molecule has 80 valence electrons. The van der Waals surface area contributed by atoms with E-state index >= 15 is 0 Å². The first-order valence-electron chi connectivity index (χ1n) is 4.75. The maximum absolute atomic E-state index is 11.0. The van der Waals surface area contributed by atoms with Crippen molar-refractivity contribution in [1.82, 2.24) is 0 Å². The average molecular weight is 222 g/mol. The summed E-state index contributed by atoms with van der Waals surface area (Å²) in [6.45, 7) is 2.20. The molecule has 0 fully saturated rings. The van der Waals surface area contributed by atoms with E-state index in [9.17, 15) is 4.79 Å². The Morgan fingerprint density at radius 2 is 2.07 bits per heavy atom. The summed E-state index contributed by atoms with van der Waals surface area (Å²) in [6, 6.07) is 7.99. The highest BCUT2D eigenvalue weighted by atomic mass is 32.2. The van der Waals surface area contributed by atoms with Gasteiger partial charge in [0.25, 0.3) is 0 Å². The van der Waals surface area contributed by atoms with Crippen LogP contribution in [-0.2, 0) is 9.53 Å². The second-order valence-electron chi connectivity index (χ2n) is 2.86. The van der Waals surface area contributed by atoms with Crippen LogP contribution >= 0.6 is 11.8 Å². The topological polar surface area (TPSA) is 26.3 Å². The molecule has 0 aliphatic carbocycles. The Morgan fingerprint density at radius 1 is 1.40 bits per heavy atom. The van der Waals surface area contributed by atoms with E-state index in [4.69, 9.17) is 4.74 Å². The molecule has 0 aliphatic heterocycles. The minimum atomic E-state index is -0.300. The Hall–Kier alpha value is -1.22. The molecule has 1 aromatic rings. The van der Waals surface area contributed by atoms with Gasteiger partial charge in [-0.25, -0.2) is 4.79 Å². The van der Waals surface area contributed by atoms with E-state index in [0.717, 1.165) is 5.56 Å². The number of benzene rings is 1. The van der Waals surface area contributed by atoms with Crippen molar-refractivity contribution in [3.63, 3.8) is 0 Å². The van der Waals surface area contributed by atoms with Crippen molar-refractivity contribution in [2.45, 2.75) is 11.8 Å². The van der Waals surface area contributed by atoms with Gasteiger partial charge in [-0.2, -0.15) is 0 Å². The number of rotatable bonds is 4. The highest BCUT2D eigenvalue weighted by Gasteiger charge is 1.94. The van der Waals surface area contributed by atoms with Gasteiger partial charge in [-0.3, -0.25) is 0 Å². The summed E-state index contributed by atoms with van der Waals surface area (Å²) in [4.78, 5) is 12.2. The Bertz CT molecular complexity index is 341. The number of ether oxygens (including phenoxy) is 1. The van der Waals surface area contributed by atoms with Crippen molar-refractivity contribution in [3.8, 4) is 0 Å². The van der Waals surface area contributed by atoms with Gasteiger partial charge in [0, 0.05) is 11.0 Å². The lowest BCUT2D eigenvalue weighted by Crippen LogP contribution is -1.98. The molecule has 0 saturated heterocycles. The van der Waals surface area contributed by atoms with E-state index in [1.165, 1.54) is 11.0 Å². The lowest BCUT2D eigenvalue weighted by molar-refractivity contribution is -0.137. The molecule has 0 heterocycles. The summed E-state index contributed by atoms with van der Waals surface area (Å²) in [5, 5.41) is 0. The molecule has 0 atom stereocenters. The van der Waals surface area contributed by atoms with Gasteiger partial charge < -0.3 is 4.74 Å². The van der Waals surface area contributed by atoms with Crippen molar-refractivity contribution in [3.05, 3.63) is 35.9 Å². The first-order chi connectivity index (χ1) is 7.26. The molecule has 1 rings (SSSR count). The number of carbonyl (C=O) groups excluding carboxylic acids is 1. The number of thioether (sulfide) groups is 1. The van der Waals surface area contributed by atoms with E-state index in [2.05, 4.69) is 0 Å².